The molecule has 4 nitrogen and oxygen atoms in total. The zero-order valence-corrected chi connectivity index (χ0v) is 24.8. The van der Waals surface area contributed by atoms with Gasteiger partial charge in [-0.15, -0.1) is 11.3 Å². The smallest absolute Gasteiger partial charge is 0.160 e. The van der Waals surface area contributed by atoms with E-state index in [1.54, 1.807) is 11.3 Å². The van der Waals surface area contributed by atoms with E-state index in [1.807, 2.05) is 30.3 Å². The molecule has 0 fully saturated rings. The van der Waals surface area contributed by atoms with Crippen molar-refractivity contribution < 1.29 is 4.42 Å². The lowest BCUT2D eigenvalue weighted by Gasteiger charge is -2.15. The van der Waals surface area contributed by atoms with Crippen molar-refractivity contribution in [2.24, 2.45) is 0 Å². The largest absolute Gasteiger partial charge is 0.456 e. The maximum absolute atomic E-state index is 6.39. The van der Waals surface area contributed by atoms with E-state index in [-0.39, 0.29) is 0 Å². The first kappa shape index (κ1) is 24.6. The maximum Gasteiger partial charge on any atom is 0.160 e. The third-order valence-corrected chi connectivity index (χ3v) is 9.99. The highest BCUT2D eigenvalue weighted by Gasteiger charge is 2.23. The Morgan fingerprint density at radius 1 is 0.556 bits per heavy atom. The average molecular weight is 594 g/mol. The van der Waals surface area contributed by atoms with Gasteiger partial charge in [-0.1, -0.05) is 103 Å². The Hall–Kier alpha value is -5.78. The molecular weight excluding hydrogens is 571 g/mol. The van der Waals surface area contributed by atoms with Crippen LogP contribution in [0.25, 0.3) is 92.4 Å². The maximum atomic E-state index is 6.39. The van der Waals surface area contributed by atoms with Gasteiger partial charge >= 0.3 is 0 Å². The van der Waals surface area contributed by atoms with Crippen LogP contribution in [0.2, 0.25) is 0 Å². The summed E-state index contributed by atoms with van der Waals surface area (Å²) in [5.41, 5.74) is 9.09. The van der Waals surface area contributed by atoms with Crippen molar-refractivity contribution in [2.45, 2.75) is 0 Å². The lowest BCUT2D eigenvalue weighted by molar-refractivity contribution is 0.669. The summed E-state index contributed by atoms with van der Waals surface area (Å²) in [7, 11) is 0. The zero-order valence-electron chi connectivity index (χ0n) is 23.9. The first-order valence-electron chi connectivity index (χ1n) is 15.0. The molecule has 0 saturated heterocycles. The summed E-state index contributed by atoms with van der Waals surface area (Å²) in [6.45, 7) is 0. The number of thiophene rings is 1. The standard InChI is InChI=1S/C40H23N3OS/c1-2-12-24(13-3-1)40-41-36(39-37(42-40)29-17-7-11-21-34(29)45-39)27-15-5-9-19-31(27)43-30-18-8-4-14-25(30)26-22-23-33-35(38(26)43)28-16-6-10-20-32(28)44-33/h1-23H. The summed E-state index contributed by atoms with van der Waals surface area (Å²) in [6, 6.07) is 48.7. The summed E-state index contributed by atoms with van der Waals surface area (Å²) in [4.78, 5) is 10.5. The fraction of sp³-hybridized carbons (Fsp3) is 0. The fourth-order valence-electron chi connectivity index (χ4n) is 6.87. The van der Waals surface area contributed by atoms with Crippen LogP contribution < -0.4 is 0 Å². The van der Waals surface area contributed by atoms with Crippen LogP contribution in [-0.2, 0) is 0 Å². The summed E-state index contributed by atoms with van der Waals surface area (Å²) >= 11 is 1.76. The van der Waals surface area contributed by atoms with Crippen molar-refractivity contribution in [1.29, 1.82) is 0 Å². The van der Waals surface area contributed by atoms with Gasteiger partial charge in [0.2, 0.25) is 0 Å². The van der Waals surface area contributed by atoms with E-state index < -0.39 is 0 Å². The number of aromatic nitrogens is 3. The molecule has 0 amide bonds. The summed E-state index contributed by atoms with van der Waals surface area (Å²) in [6.07, 6.45) is 0. The van der Waals surface area contributed by atoms with Crippen molar-refractivity contribution in [2.75, 3.05) is 0 Å². The van der Waals surface area contributed by atoms with Gasteiger partial charge in [0.15, 0.2) is 5.82 Å². The Morgan fingerprint density at radius 3 is 2.20 bits per heavy atom. The molecule has 0 atom stereocenters. The van der Waals surface area contributed by atoms with Crippen LogP contribution >= 0.6 is 11.3 Å². The number of rotatable bonds is 3. The lowest BCUT2D eigenvalue weighted by atomic mass is 10.1. The van der Waals surface area contributed by atoms with Gasteiger partial charge in [-0.3, -0.25) is 0 Å². The highest BCUT2D eigenvalue weighted by Crippen LogP contribution is 2.45. The van der Waals surface area contributed by atoms with Crippen LogP contribution in [0.1, 0.15) is 0 Å². The molecule has 4 aromatic heterocycles. The minimum absolute atomic E-state index is 0.724. The molecule has 5 heteroatoms. The van der Waals surface area contributed by atoms with Crippen LogP contribution in [0.4, 0.5) is 0 Å². The third kappa shape index (κ3) is 3.53. The van der Waals surface area contributed by atoms with E-state index in [1.165, 1.54) is 15.5 Å². The van der Waals surface area contributed by atoms with Gasteiger partial charge in [0.05, 0.1) is 38.0 Å². The molecule has 10 rings (SSSR count). The molecular formula is C40H23N3OS. The zero-order chi connectivity index (χ0) is 29.5. The van der Waals surface area contributed by atoms with E-state index >= 15 is 0 Å². The normalized spacial score (nSPS) is 12.0. The van der Waals surface area contributed by atoms with E-state index in [4.69, 9.17) is 14.4 Å². The van der Waals surface area contributed by atoms with E-state index in [2.05, 4.69) is 114 Å². The number of hydrogen-bond acceptors (Lipinski definition) is 4. The SMILES string of the molecule is c1ccc(-c2nc(-c3ccccc3-n3c4ccccc4c4ccc5oc6ccccc6c5c43)c3sc4ccccc4c3n2)cc1. The fourth-order valence-corrected chi connectivity index (χ4v) is 8.02. The van der Waals surface area contributed by atoms with Crippen molar-refractivity contribution in [3.63, 3.8) is 0 Å². The molecule has 0 unspecified atom stereocenters. The second-order valence-electron chi connectivity index (χ2n) is 11.3. The first-order valence-corrected chi connectivity index (χ1v) is 15.8. The molecule has 0 radical (unpaired) electrons. The quantitative estimate of drug-likeness (QED) is 0.205. The predicted octanol–water partition coefficient (Wildman–Crippen LogP) is 11.2. The lowest BCUT2D eigenvalue weighted by Crippen LogP contribution is -2.00. The Balaban J connectivity index is 1.37. The Labute approximate surface area is 261 Å². The van der Waals surface area contributed by atoms with Crippen molar-refractivity contribution in [3.05, 3.63) is 140 Å². The van der Waals surface area contributed by atoms with Gasteiger partial charge in [-0.25, -0.2) is 9.97 Å². The number of furan rings is 1. The molecule has 0 N–H and O–H groups in total. The van der Waals surface area contributed by atoms with Gasteiger partial charge in [-0.05, 0) is 36.4 Å². The van der Waals surface area contributed by atoms with Gasteiger partial charge < -0.3 is 8.98 Å². The highest BCUT2D eigenvalue weighted by atomic mass is 32.1. The summed E-state index contributed by atoms with van der Waals surface area (Å²) < 4.78 is 11.1. The van der Waals surface area contributed by atoms with Gasteiger partial charge in [-0.2, -0.15) is 0 Å². The van der Waals surface area contributed by atoms with Crippen molar-refractivity contribution >= 4 is 75.4 Å². The van der Waals surface area contributed by atoms with Gasteiger partial charge in [0.1, 0.15) is 11.2 Å². The molecule has 10 aromatic rings. The van der Waals surface area contributed by atoms with Crippen LogP contribution in [0, 0.1) is 0 Å². The minimum atomic E-state index is 0.724. The Morgan fingerprint density at radius 2 is 1.29 bits per heavy atom. The van der Waals surface area contributed by atoms with Gasteiger partial charge in [0, 0.05) is 37.4 Å². The molecule has 4 heterocycles. The molecule has 0 spiro atoms. The van der Waals surface area contributed by atoms with Crippen LogP contribution in [0.3, 0.4) is 0 Å². The molecule has 0 saturated carbocycles. The first-order chi connectivity index (χ1) is 22.3. The number of nitrogens with zero attached hydrogens (tertiary/aromatic N) is 3. The molecule has 210 valence electrons. The van der Waals surface area contributed by atoms with Crippen LogP contribution in [0.5, 0.6) is 0 Å². The second kappa shape index (κ2) is 9.36. The second-order valence-corrected chi connectivity index (χ2v) is 12.4. The predicted molar refractivity (Wildman–Crippen MR) is 187 cm³/mol. The number of para-hydroxylation sites is 3. The number of benzene rings is 6. The summed E-state index contributed by atoms with van der Waals surface area (Å²) in [5, 5.41) is 5.78. The van der Waals surface area contributed by atoms with E-state index in [0.29, 0.717) is 0 Å². The molecule has 0 aliphatic rings. The minimum Gasteiger partial charge on any atom is -0.456 e. The Kier molecular flexibility index (Phi) is 5.12. The summed E-state index contributed by atoms with van der Waals surface area (Å²) in [5.74, 6) is 0.724. The topological polar surface area (TPSA) is 43.9 Å². The van der Waals surface area contributed by atoms with Crippen molar-refractivity contribution in [1.82, 2.24) is 14.5 Å². The highest BCUT2D eigenvalue weighted by molar-refractivity contribution is 7.26. The number of hydrogen-bond donors (Lipinski definition) is 0. The molecule has 6 aromatic carbocycles. The average Bonchev–Trinajstić information content (AvgIpc) is 3.78. The van der Waals surface area contributed by atoms with Crippen LogP contribution in [-0.4, -0.2) is 14.5 Å². The van der Waals surface area contributed by atoms with Crippen molar-refractivity contribution in [3.8, 4) is 28.3 Å². The number of fused-ring (bicyclic) bond motifs is 10. The van der Waals surface area contributed by atoms with Gasteiger partial charge in [0.25, 0.3) is 0 Å². The van der Waals surface area contributed by atoms with Crippen LogP contribution in [0.15, 0.2) is 144 Å². The van der Waals surface area contributed by atoms with E-state index in [0.717, 1.165) is 76.9 Å². The molecule has 45 heavy (non-hydrogen) atoms. The molecule has 0 aliphatic heterocycles. The molecule has 0 bridgehead atoms. The third-order valence-electron chi connectivity index (χ3n) is 8.83. The molecule has 0 aliphatic carbocycles. The van der Waals surface area contributed by atoms with E-state index in [9.17, 15) is 0 Å². The Bertz CT molecular complexity index is 2770. The monoisotopic (exact) mass is 593 g/mol.